The van der Waals surface area contributed by atoms with Crippen molar-refractivity contribution in [2.24, 2.45) is 0 Å². The molecule has 6 heteroatoms. The zero-order valence-corrected chi connectivity index (χ0v) is 14.9. The van der Waals surface area contributed by atoms with Crippen molar-refractivity contribution in [3.05, 3.63) is 78.4 Å². The van der Waals surface area contributed by atoms with E-state index in [0.717, 1.165) is 10.8 Å². The number of methoxy groups -OCH3 is 1. The van der Waals surface area contributed by atoms with Gasteiger partial charge in [0.25, 0.3) is 10.0 Å². The SMILES string of the molecule is COC(=O)C=Cc1cccc(S(=O)(=O)Nc2cccc3ccccc23)c1. The number of nitrogens with one attached hydrogen (secondary N) is 1. The number of sulfonamides is 1. The summed E-state index contributed by atoms with van der Waals surface area (Å²) < 4.78 is 32.7. The fourth-order valence-electron chi connectivity index (χ4n) is 2.54. The van der Waals surface area contributed by atoms with Gasteiger partial charge in [0.05, 0.1) is 17.7 Å². The summed E-state index contributed by atoms with van der Waals surface area (Å²) in [5.41, 5.74) is 1.09. The van der Waals surface area contributed by atoms with Gasteiger partial charge in [-0.05, 0) is 35.2 Å². The van der Waals surface area contributed by atoms with Crippen molar-refractivity contribution < 1.29 is 17.9 Å². The Morgan fingerprint density at radius 3 is 2.54 bits per heavy atom. The second kappa shape index (κ2) is 7.41. The van der Waals surface area contributed by atoms with Crippen LogP contribution in [0, 0.1) is 0 Å². The highest BCUT2D eigenvalue weighted by molar-refractivity contribution is 7.92. The fraction of sp³-hybridized carbons (Fsp3) is 0.0500. The molecule has 0 heterocycles. The van der Waals surface area contributed by atoms with Gasteiger partial charge in [-0.15, -0.1) is 0 Å². The van der Waals surface area contributed by atoms with Gasteiger partial charge in [-0.25, -0.2) is 13.2 Å². The number of rotatable bonds is 5. The maximum atomic E-state index is 12.8. The van der Waals surface area contributed by atoms with Crippen LogP contribution in [0.5, 0.6) is 0 Å². The van der Waals surface area contributed by atoms with Gasteiger partial charge in [0.1, 0.15) is 0 Å². The lowest BCUT2D eigenvalue weighted by atomic mass is 10.1. The van der Waals surface area contributed by atoms with E-state index >= 15 is 0 Å². The summed E-state index contributed by atoms with van der Waals surface area (Å²) in [6, 6.07) is 19.3. The summed E-state index contributed by atoms with van der Waals surface area (Å²) in [6.45, 7) is 0. The molecule has 0 spiro atoms. The Morgan fingerprint density at radius 2 is 1.73 bits per heavy atom. The second-order valence-electron chi connectivity index (χ2n) is 5.56. The molecule has 0 aromatic heterocycles. The predicted molar refractivity (Wildman–Crippen MR) is 102 cm³/mol. The smallest absolute Gasteiger partial charge is 0.330 e. The van der Waals surface area contributed by atoms with Gasteiger partial charge >= 0.3 is 5.97 Å². The van der Waals surface area contributed by atoms with E-state index in [1.165, 1.54) is 31.4 Å². The van der Waals surface area contributed by atoms with Crippen LogP contribution in [-0.4, -0.2) is 21.5 Å². The van der Waals surface area contributed by atoms with Crippen LogP contribution in [0.3, 0.4) is 0 Å². The Bertz CT molecular complexity index is 1080. The molecule has 26 heavy (non-hydrogen) atoms. The molecule has 0 saturated carbocycles. The van der Waals surface area contributed by atoms with Gasteiger partial charge in [0, 0.05) is 11.5 Å². The van der Waals surface area contributed by atoms with E-state index in [-0.39, 0.29) is 4.90 Å². The first-order valence-electron chi connectivity index (χ1n) is 7.86. The average Bonchev–Trinajstić information content (AvgIpc) is 2.66. The lowest BCUT2D eigenvalue weighted by Crippen LogP contribution is -2.13. The molecule has 0 aliphatic rings. The van der Waals surface area contributed by atoms with Crippen LogP contribution in [-0.2, 0) is 19.6 Å². The zero-order chi connectivity index (χ0) is 18.6. The van der Waals surface area contributed by atoms with E-state index in [0.29, 0.717) is 11.3 Å². The van der Waals surface area contributed by atoms with Crippen molar-refractivity contribution in [2.45, 2.75) is 4.90 Å². The summed E-state index contributed by atoms with van der Waals surface area (Å²) >= 11 is 0. The quantitative estimate of drug-likeness (QED) is 0.549. The first-order chi connectivity index (χ1) is 12.5. The molecule has 0 fully saturated rings. The van der Waals surface area contributed by atoms with Crippen molar-refractivity contribution in [2.75, 3.05) is 11.8 Å². The maximum absolute atomic E-state index is 12.8. The number of ether oxygens (including phenoxy) is 1. The number of carbonyl (C=O) groups is 1. The maximum Gasteiger partial charge on any atom is 0.330 e. The van der Waals surface area contributed by atoms with Crippen molar-refractivity contribution in [1.82, 2.24) is 0 Å². The number of esters is 1. The molecule has 0 aliphatic heterocycles. The highest BCUT2D eigenvalue weighted by Gasteiger charge is 2.15. The van der Waals surface area contributed by atoms with Gasteiger partial charge in [-0.3, -0.25) is 4.72 Å². The van der Waals surface area contributed by atoms with E-state index in [4.69, 9.17) is 0 Å². The number of hydrogen-bond donors (Lipinski definition) is 1. The normalized spacial score (nSPS) is 11.6. The van der Waals surface area contributed by atoms with Crippen LogP contribution in [0.4, 0.5) is 5.69 Å². The first-order valence-corrected chi connectivity index (χ1v) is 9.34. The van der Waals surface area contributed by atoms with Gasteiger partial charge < -0.3 is 4.74 Å². The van der Waals surface area contributed by atoms with Gasteiger partial charge in [0.15, 0.2) is 0 Å². The molecule has 0 unspecified atom stereocenters. The fourth-order valence-corrected chi connectivity index (χ4v) is 3.67. The molecule has 0 radical (unpaired) electrons. The number of hydrogen-bond acceptors (Lipinski definition) is 4. The summed E-state index contributed by atoms with van der Waals surface area (Å²) in [5, 5.41) is 1.77. The minimum Gasteiger partial charge on any atom is -0.466 e. The molecule has 0 saturated heterocycles. The minimum absolute atomic E-state index is 0.109. The van der Waals surface area contributed by atoms with Gasteiger partial charge in [0.2, 0.25) is 0 Å². The van der Waals surface area contributed by atoms with E-state index in [2.05, 4.69) is 9.46 Å². The van der Waals surface area contributed by atoms with E-state index < -0.39 is 16.0 Å². The van der Waals surface area contributed by atoms with Crippen LogP contribution in [0.2, 0.25) is 0 Å². The summed E-state index contributed by atoms with van der Waals surface area (Å²) in [5.74, 6) is -0.507. The van der Waals surface area contributed by atoms with Crippen molar-refractivity contribution in [1.29, 1.82) is 0 Å². The van der Waals surface area contributed by atoms with E-state index in [1.54, 1.807) is 24.3 Å². The number of anilines is 1. The van der Waals surface area contributed by atoms with Crippen LogP contribution < -0.4 is 4.72 Å². The molecule has 0 aliphatic carbocycles. The van der Waals surface area contributed by atoms with Crippen molar-refractivity contribution in [3.8, 4) is 0 Å². The Morgan fingerprint density at radius 1 is 1.00 bits per heavy atom. The van der Waals surface area contributed by atoms with Crippen LogP contribution in [0.25, 0.3) is 16.8 Å². The molecule has 3 aromatic rings. The molecule has 132 valence electrons. The third-order valence-electron chi connectivity index (χ3n) is 3.82. The molecular formula is C20H17NO4S. The Kier molecular flexibility index (Phi) is 5.04. The van der Waals surface area contributed by atoms with E-state index in [9.17, 15) is 13.2 Å². The monoisotopic (exact) mass is 367 g/mol. The summed E-state index contributed by atoms with van der Waals surface area (Å²) in [4.78, 5) is 11.3. The summed E-state index contributed by atoms with van der Waals surface area (Å²) in [7, 11) is -2.49. The van der Waals surface area contributed by atoms with E-state index in [1.807, 2.05) is 30.3 Å². The number of carbonyl (C=O) groups excluding carboxylic acids is 1. The zero-order valence-electron chi connectivity index (χ0n) is 14.0. The molecular weight excluding hydrogens is 350 g/mol. The molecule has 0 amide bonds. The first kappa shape index (κ1) is 17.7. The summed E-state index contributed by atoms with van der Waals surface area (Å²) in [6.07, 6.45) is 2.74. The molecule has 3 aromatic carbocycles. The lowest BCUT2D eigenvalue weighted by Gasteiger charge is -2.11. The Balaban J connectivity index is 1.93. The third kappa shape index (κ3) is 3.92. The minimum atomic E-state index is -3.77. The number of benzene rings is 3. The van der Waals surface area contributed by atoms with Crippen LogP contribution >= 0.6 is 0 Å². The highest BCUT2D eigenvalue weighted by Crippen LogP contribution is 2.25. The van der Waals surface area contributed by atoms with Crippen LogP contribution in [0.1, 0.15) is 5.56 Å². The standard InChI is InChI=1S/C20H17NO4S/c1-25-20(22)13-12-15-6-4-9-17(14-15)26(23,24)21-19-11-5-8-16-7-2-3-10-18(16)19/h2-14,21H,1H3. The average molecular weight is 367 g/mol. The van der Waals surface area contributed by atoms with Gasteiger partial charge in [-0.2, -0.15) is 0 Å². The van der Waals surface area contributed by atoms with Gasteiger partial charge in [-0.1, -0.05) is 48.5 Å². The second-order valence-corrected chi connectivity index (χ2v) is 7.24. The largest absolute Gasteiger partial charge is 0.466 e. The lowest BCUT2D eigenvalue weighted by molar-refractivity contribution is -0.134. The molecule has 0 atom stereocenters. The Labute approximate surface area is 152 Å². The Hall–Kier alpha value is -3.12. The number of fused-ring (bicyclic) bond motifs is 1. The van der Waals surface area contributed by atoms with Crippen molar-refractivity contribution in [3.63, 3.8) is 0 Å². The molecule has 3 rings (SSSR count). The topological polar surface area (TPSA) is 72.5 Å². The molecule has 1 N–H and O–H groups in total. The molecule has 5 nitrogen and oxygen atoms in total. The highest BCUT2D eigenvalue weighted by atomic mass is 32.2. The third-order valence-corrected chi connectivity index (χ3v) is 5.18. The molecule has 0 bridgehead atoms. The van der Waals surface area contributed by atoms with Crippen molar-refractivity contribution >= 4 is 38.5 Å². The predicted octanol–water partition coefficient (Wildman–Crippen LogP) is 3.83. The van der Waals surface area contributed by atoms with Crippen LogP contribution in [0.15, 0.2) is 77.7 Å².